The first-order valence-corrected chi connectivity index (χ1v) is 9.37. The highest BCUT2D eigenvalue weighted by Crippen LogP contribution is 2.32. The fourth-order valence-corrected chi connectivity index (χ4v) is 3.66. The Morgan fingerprint density at radius 3 is 2.11 bits per heavy atom. The molecule has 1 aliphatic carbocycles. The van der Waals surface area contributed by atoms with E-state index in [1.54, 1.807) is 24.3 Å². The van der Waals surface area contributed by atoms with Crippen molar-refractivity contribution in [1.82, 2.24) is 10.2 Å². The summed E-state index contributed by atoms with van der Waals surface area (Å²) in [5, 5.41) is 3.02. The summed E-state index contributed by atoms with van der Waals surface area (Å²) in [5.74, 6) is -0.572. The molecule has 1 N–H and O–H groups in total. The number of imide groups is 1. The lowest BCUT2D eigenvalue weighted by molar-refractivity contribution is -0.125. The summed E-state index contributed by atoms with van der Waals surface area (Å²) in [7, 11) is 0. The molecule has 5 nitrogen and oxygen atoms in total. The molecule has 0 aromatic heterocycles. The minimum atomic E-state index is -0.860. The first kappa shape index (κ1) is 17.5. The van der Waals surface area contributed by atoms with Crippen molar-refractivity contribution in [3.63, 3.8) is 0 Å². The van der Waals surface area contributed by atoms with E-state index < -0.39 is 17.9 Å². The number of nitrogens with one attached hydrogen (secondary N) is 1. The molecule has 0 unspecified atom stereocenters. The van der Waals surface area contributed by atoms with Gasteiger partial charge in [0.25, 0.3) is 11.8 Å². The molecule has 1 fully saturated rings. The van der Waals surface area contributed by atoms with Crippen molar-refractivity contribution in [1.29, 1.82) is 0 Å². The minimum Gasteiger partial charge on any atom is -0.352 e. The van der Waals surface area contributed by atoms with E-state index in [2.05, 4.69) is 5.32 Å². The van der Waals surface area contributed by atoms with E-state index in [1.165, 1.54) is 0 Å². The minimum absolute atomic E-state index is 0.0472. The smallest absolute Gasteiger partial charge is 0.262 e. The molecule has 1 heterocycles. The quantitative estimate of drug-likeness (QED) is 0.804. The molecule has 3 amide bonds. The normalized spacial score (nSPS) is 18.2. The third-order valence-corrected chi connectivity index (χ3v) is 5.41. The fraction of sp³-hybridized carbons (Fsp3) is 0.318. The molecule has 27 heavy (non-hydrogen) atoms. The van der Waals surface area contributed by atoms with Crippen LogP contribution < -0.4 is 5.32 Å². The molecule has 0 spiro atoms. The third-order valence-electron chi connectivity index (χ3n) is 5.41. The summed E-state index contributed by atoms with van der Waals surface area (Å²) in [4.78, 5) is 40.0. The zero-order valence-corrected chi connectivity index (χ0v) is 15.2. The Morgan fingerprint density at radius 2 is 1.56 bits per heavy atom. The lowest BCUT2D eigenvalue weighted by Gasteiger charge is -2.27. The summed E-state index contributed by atoms with van der Waals surface area (Å²) in [6.07, 6.45) is 2.52. The number of rotatable bonds is 6. The van der Waals surface area contributed by atoms with Gasteiger partial charge in [0.15, 0.2) is 0 Å². The summed E-state index contributed by atoms with van der Waals surface area (Å²) in [6, 6.07) is 15.4. The predicted molar refractivity (Wildman–Crippen MR) is 101 cm³/mol. The lowest BCUT2D eigenvalue weighted by Crippen LogP contribution is -2.52. The van der Waals surface area contributed by atoms with Crippen LogP contribution in [0.5, 0.6) is 0 Å². The van der Waals surface area contributed by atoms with E-state index in [0.717, 1.165) is 23.3 Å². The molecular formula is C22H22N2O3. The van der Waals surface area contributed by atoms with Gasteiger partial charge < -0.3 is 5.32 Å². The van der Waals surface area contributed by atoms with Gasteiger partial charge in [-0.3, -0.25) is 19.3 Å². The standard InChI is InChI=1S/C22H22N2O3/c1-14(16-11-12-16)23-20(25)19(13-15-7-3-2-4-8-15)24-21(26)17-9-5-6-10-18(17)22(24)27/h2-10,14,16,19H,11-13H2,1H3,(H,23,25)/t14-,19+/m1/s1. The highest BCUT2D eigenvalue weighted by Gasteiger charge is 2.43. The number of hydrogen-bond acceptors (Lipinski definition) is 3. The van der Waals surface area contributed by atoms with Gasteiger partial charge in [-0.05, 0) is 43.4 Å². The van der Waals surface area contributed by atoms with Gasteiger partial charge in [-0.1, -0.05) is 42.5 Å². The molecule has 0 bridgehead atoms. The highest BCUT2D eigenvalue weighted by atomic mass is 16.2. The summed E-state index contributed by atoms with van der Waals surface area (Å²) in [5.41, 5.74) is 1.64. The monoisotopic (exact) mass is 362 g/mol. The predicted octanol–water partition coefficient (Wildman–Crippen LogP) is 2.81. The average Bonchev–Trinajstić information content (AvgIpc) is 3.50. The van der Waals surface area contributed by atoms with Crippen molar-refractivity contribution in [2.75, 3.05) is 0 Å². The van der Waals surface area contributed by atoms with Gasteiger partial charge in [0.1, 0.15) is 6.04 Å². The van der Waals surface area contributed by atoms with Gasteiger partial charge >= 0.3 is 0 Å². The number of nitrogens with zero attached hydrogens (tertiary/aromatic N) is 1. The SMILES string of the molecule is C[C@@H](NC(=O)[C@H](Cc1ccccc1)N1C(=O)c2ccccc2C1=O)C1CC1. The molecular weight excluding hydrogens is 340 g/mol. The fourth-order valence-electron chi connectivity index (χ4n) is 3.66. The van der Waals surface area contributed by atoms with Gasteiger partial charge in [0.2, 0.25) is 5.91 Å². The molecule has 2 aromatic rings. The number of carbonyl (C=O) groups excluding carboxylic acids is 3. The Balaban J connectivity index is 1.64. The third kappa shape index (κ3) is 3.37. The van der Waals surface area contributed by atoms with Gasteiger partial charge in [0, 0.05) is 12.5 Å². The molecule has 138 valence electrons. The van der Waals surface area contributed by atoms with Crippen LogP contribution in [0, 0.1) is 5.92 Å². The number of fused-ring (bicyclic) bond motifs is 1. The maximum atomic E-state index is 13.1. The molecule has 2 aromatic carbocycles. The van der Waals surface area contributed by atoms with Crippen molar-refractivity contribution in [2.24, 2.45) is 5.92 Å². The zero-order chi connectivity index (χ0) is 19.0. The topological polar surface area (TPSA) is 66.5 Å². The molecule has 0 saturated heterocycles. The Bertz CT molecular complexity index is 854. The summed E-state index contributed by atoms with van der Waals surface area (Å²) >= 11 is 0. The van der Waals surface area contributed by atoms with E-state index in [-0.39, 0.29) is 11.9 Å². The number of amides is 3. The van der Waals surface area contributed by atoms with Crippen LogP contribution in [-0.2, 0) is 11.2 Å². The molecule has 5 heteroatoms. The molecule has 4 rings (SSSR count). The van der Waals surface area contributed by atoms with E-state index in [0.29, 0.717) is 23.5 Å². The largest absolute Gasteiger partial charge is 0.352 e. The average molecular weight is 362 g/mol. The van der Waals surface area contributed by atoms with Crippen LogP contribution in [0.15, 0.2) is 54.6 Å². The molecule has 0 radical (unpaired) electrons. The number of carbonyl (C=O) groups is 3. The molecule has 2 atom stereocenters. The molecule has 1 saturated carbocycles. The Kier molecular flexibility index (Phi) is 4.52. The maximum Gasteiger partial charge on any atom is 0.262 e. The van der Waals surface area contributed by atoms with E-state index >= 15 is 0 Å². The van der Waals surface area contributed by atoms with Crippen molar-refractivity contribution >= 4 is 17.7 Å². The Morgan fingerprint density at radius 1 is 1.00 bits per heavy atom. The van der Waals surface area contributed by atoms with Crippen molar-refractivity contribution in [3.8, 4) is 0 Å². The summed E-state index contributed by atoms with van der Waals surface area (Å²) < 4.78 is 0. The second-order valence-corrected chi connectivity index (χ2v) is 7.37. The number of hydrogen-bond donors (Lipinski definition) is 1. The maximum absolute atomic E-state index is 13.1. The van der Waals surface area contributed by atoms with Gasteiger partial charge in [-0.25, -0.2) is 0 Å². The second-order valence-electron chi connectivity index (χ2n) is 7.37. The summed E-state index contributed by atoms with van der Waals surface area (Å²) in [6.45, 7) is 1.98. The van der Waals surface area contributed by atoms with Crippen LogP contribution >= 0.6 is 0 Å². The van der Waals surface area contributed by atoms with Crippen molar-refractivity contribution in [3.05, 3.63) is 71.3 Å². The molecule has 2 aliphatic rings. The van der Waals surface area contributed by atoms with E-state index in [1.807, 2.05) is 37.3 Å². The molecule has 1 aliphatic heterocycles. The van der Waals surface area contributed by atoms with Crippen LogP contribution in [0.2, 0.25) is 0 Å². The lowest BCUT2D eigenvalue weighted by atomic mass is 10.0. The number of benzene rings is 2. The van der Waals surface area contributed by atoms with Gasteiger partial charge in [-0.2, -0.15) is 0 Å². The van der Waals surface area contributed by atoms with Gasteiger partial charge in [0.05, 0.1) is 11.1 Å². The van der Waals surface area contributed by atoms with E-state index in [9.17, 15) is 14.4 Å². The Hall–Kier alpha value is -2.95. The van der Waals surface area contributed by atoms with Crippen molar-refractivity contribution in [2.45, 2.75) is 38.3 Å². The second kappa shape index (κ2) is 6.99. The van der Waals surface area contributed by atoms with Crippen LogP contribution in [0.25, 0.3) is 0 Å². The van der Waals surface area contributed by atoms with Crippen LogP contribution in [0.1, 0.15) is 46.0 Å². The first-order chi connectivity index (χ1) is 13.1. The van der Waals surface area contributed by atoms with Crippen LogP contribution in [0.3, 0.4) is 0 Å². The van der Waals surface area contributed by atoms with Crippen molar-refractivity contribution < 1.29 is 14.4 Å². The van der Waals surface area contributed by atoms with Gasteiger partial charge in [-0.15, -0.1) is 0 Å². The highest BCUT2D eigenvalue weighted by molar-refractivity contribution is 6.22. The first-order valence-electron chi connectivity index (χ1n) is 9.37. The Labute approximate surface area is 158 Å². The van der Waals surface area contributed by atoms with Crippen LogP contribution in [-0.4, -0.2) is 34.7 Å². The zero-order valence-electron chi connectivity index (χ0n) is 15.2. The van der Waals surface area contributed by atoms with E-state index in [4.69, 9.17) is 0 Å². The van der Waals surface area contributed by atoms with Crippen LogP contribution in [0.4, 0.5) is 0 Å².